The minimum absolute atomic E-state index is 0.0626. The van der Waals surface area contributed by atoms with Crippen LogP contribution >= 0.6 is 0 Å². The predicted molar refractivity (Wildman–Crippen MR) is 85.1 cm³/mol. The van der Waals surface area contributed by atoms with Gasteiger partial charge < -0.3 is 10.4 Å². The molecule has 0 aliphatic carbocycles. The number of carboxylic acid groups (broad SMARTS) is 1. The van der Waals surface area contributed by atoms with Crippen molar-refractivity contribution >= 4 is 34.1 Å². The quantitative estimate of drug-likeness (QED) is 0.563. The lowest BCUT2D eigenvalue weighted by atomic mass is 10.2. The van der Waals surface area contributed by atoms with Crippen molar-refractivity contribution in [1.82, 2.24) is 4.98 Å². The zero-order valence-corrected chi connectivity index (χ0v) is 11.8. The summed E-state index contributed by atoms with van der Waals surface area (Å²) in [4.78, 5) is 25.7. The number of carbonyl (C=O) groups is 1. The molecule has 0 unspecified atom stereocenters. The van der Waals surface area contributed by atoms with E-state index in [1.165, 1.54) is 18.2 Å². The van der Waals surface area contributed by atoms with Crippen molar-refractivity contribution < 1.29 is 14.8 Å². The highest BCUT2D eigenvalue weighted by Crippen LogP contribution is 2.26. The molecule has 7 nitrogen and oxygen atoms in total. The van der Waals surface area contributed by atoms with Gasteiger partial charge in [-0.2, -0.15) is 0 Å². The highest BCUT2D eigenvalue weighted by molar-refractivity contribution is 5.89. The molecule has 0 fully saturated rings. The number of benzene rings is 2. The largest absolute Gasteiger partial charge is 0.478 e. The van der Waals surface area contributed by atoms with Crippen molar-refractivity contribution in [2.24, 2.45) is 0 Å². The van der Waals surface area contributed by atoms with Gasteiger partial charge in [0.25, 0.3) is 5.69 Å². The van der Waals surface area contributed by atoms with Crippen molar-refractivity contribution in [3.63, 3.8) is 0 Å². The smallest absolute Gasteiger partial charge is 0.335 e. The lowest BCUT2D eigenvalue weighted by molar-refractivity contribution is -0.383. The molecular formula is C16H11N3O4. The fraction of sp³-hybridized carbons (Fsp3) is 0. The Morgan fingerprint density at radius 3 is 2.48 bits per heavy atom. The summed E-state index contributed by atoms with van der Waals surface area (Å²) < 4.78 is 0. The van der Waals surface area contributed by atoms with Crippen molar-refractivity contribution in [2.75, 3.05) is 5.32 Å². The first-order valence-electron chi connectivity index (χ1n) is 6.69. The number of carboxylic acids is 1. The molecule has 23 heavy (non-hydrogen) atoms. The van der Waals surface area contributed by atoms with E-state index in [0.717, 1.165) is 0 Å². The van der Waals surface area contributed by atoms with Gasteiger partial charge in [-0.3, -0.25) is 10.1 Å². The Hall–Kier alpha value is -3.48. The summed E-state index contributed by atoms with van der Waals surface area (Å²) in [5, 5.41) is 23.6. The normalized spacial score (nSPS) is 10.4. The number of nitro benzene ring substituents is 1. The number of pyridine rings is 1. The number of non-ortho nitro benzene ring substituents is 1. The summed E-state index contributed by atoms with van der Waals surface area (Å²) in [5.41, 5.74) is 1.05. The van der Waals surface area contributed by atoms with Gasteiger partial charge in [0.2, 0.25) is 0 Å². The maximum absolute atomic E-state index is 11.1. The van der Waals surface area contributed by atoms with Gasteiger partial charge in [0, 0.05) is 17.1 Å². The van der Waals surface area contributed by atoms with E-state index in [1.54, 1.807) is 36.4 Å². The van der Waals surface area contributed by atoms with Gasteiger partial charge in [0.05, 0.1) is 10.5 Å². The molecule has 114 valence electrons. The molecule has 0 spiro atoms. The third kappa shape index (κ3) is 2.93. The van der Waals surface area contributed by atoms with E-state index in [0.29, 0.717) is 22.4 Å². The SMILES string of the molecule is O=C(O)c1ccc(Nc2ccc3cccc([N+](=O)[O-])c3n2)cc1. The first kappa shape index (κ1) is 14.5. The molecule has 0 atom stereocenters. The lowest BCUT2D eigenvalue weighted by Crippen LogP contribution is -1.98. The van der Waals surface area contributed by atoms with E-state index in [1.807, 2.05) is 0 Å². The molecule has 0 aliphatic rings. The van der Waals surface area contributed by atoms with Crippen molar-refractivity contribution in [1.29, 1.82) is 0 Å². The van der Waals surface area contributed by atoms with Crippen LogP contribution in [-0.2, 0) is 0 Å². The molecule has 1 aromatic heterocycles. The molecule has 7 heteroatoms. The standard InChI is InChI=1S/C16H11N3O4/c20-16(21)11-4-7-12(8-5-11)17-14-9-6-10-2-1-3-13(19(22)23)15(10)18-14/h1-9H,(H,17,18)(H,20,21). The molecule has 0 aliphatic heterocycles. The Labute approximate surface area is 130 Å². The summed E-state index contributed by atoms with van der Waals surface area (Å²) in [6.07, 6.45) is 0. The van der Waals surface area contributed by atoms with Crippen LogP contribution in [0.3, 0.4) is 0 Å². The highest BCUT2D eigenvalue weighted by Gasteiger charge is 2.13. The van der Waals surface area contributed by atoms with Crippen molar-refractivity contribution in [3.8, 4) is 0 Å². The minimum Gasteiger partial charge on any atom is -0.478 e. The van der Waals surface area contributed by atoms with Crippen LogP contribution in [0.2, 0.25) is 0 Å². The monoisotopic (exact) mass is 309 g/mol. The number of aromatic nitrogens is 1. The van der Waals surface area contributed by atoms with E-state index in [-0.39, 0.29) is 11.3 Å². The zero-order chi connectivity index (χ0) is 16.4. The van der Waals surface area contributed by atoms with Crippen molar-refractivity contribution in [2.45, 2.75) is 0 Å². The molecular weight excluding hydrogens is 298 g/mol. The maximum Gasteiger partial charge on any atom is 0.335 e. The van der Waals surface area contributed by atoms with Crippen LogP contribution in [0.1, 0.15) is 10.4 Å². The number of hydrogen-bond acceptors (Lipinski definition) is 5. The number of hydrogen-bond donors (Lipinski definition) is 2. The van der Waals surface area contributed by atoms with Crippen LogP contribution in [0.4, 0.5) is 17.2 Å². The van der Waals surface area contributed by atoms with E-state index in [9.17, 15) is 14.9 Å². The van der Waals surface area contributed by atoms with E-state index >= 15 is 0 Å². The second-order valence-corrected chi connectivity index (χ2v) is 4.81. The molecule has 0 saturated carbocycles. The number of nitro groups is 1. The number of para-hydroxylation sites is 1. The van der Waals surface area contributed by atoms with Crippen LogP contribution in [0.15, 0.2) is 54.6 Å². The number of aromatic carboxylic acids is 1. The molecule has 2 aromatic carbocycles. The summed E-state index contributed by atoms with van der Waals surface area (Å²) in [6, 6.07) is 14.4. The number of rotatable bonds is 4. The van der Waals surface area contributed by atoms with Crippen LogP contribution in [0.25, 0.3) is 10.9 Å². The summed E-state index contributed by atoms with van der Waals surface area (Å²) >= 11 is 0. The fourth-order valence-corrected chi connectivity index (χ4v) is 2.19. The zero-order valence-electron chi connectivity index (χ0n) is 11.8. The average Bonchev–Trinajstić information content (AvgIpc) is 2.54. The van der Waals surface area contributed by atoms with E-state index in [2.05, 4.69) is 10.3 Å². The Balaban J connectivity index is 1.95. The molecule has 3 aromatic rings. The first-order chi connectivity index (χ1) is 11.0. The molecule has 0 bridgehead atoms. The first-order valence-corrected chi connectivity index (χ1v) is 6.69. The second-order valence-electron chi connectivity index (χ2n) is 4.81. The van der Waals surface area contributed by atoms with Gasteiger partial charge in [0.15, 0.2) is 5.52 Å². The van der Waals surface area contributed by atoms with E-state index < -0.39 is 10.9 Å². The number of nitrogens with one attached hydrogen (secondary N) is 1. The van der Waals surface area contributed by atoms with Gasteiger partial charge in [-0.15, -0.1) is 0 Å². The van der Waals surface area contributed by atoms with Crippen LogP contribution < -0.4 is 5.32 Å². The Morgan fingerprint density at radius 2 is 1.83 bits per heavy atom. The molecule has 2 N–H and O–H groups in total. The van der Waals surface area contributed by atoms with Gasteiger partial charge >= 0.3 is 5.97 Å². The minimum atomic E-state index is -1.00. The topological polar surface area (TPSA) is 105 Å². The third-order valence-electron chi connectivity index (χ3n) is 3.30. The van der Waals surface area contributed by atoms with Gasteiger partial charge in [0.1, 0.15) is 5.82 Å². The molecule has 3 rings (SSSR count). The summed E-state index contributed by atoms with van der Waals surface area (Å²) in [6.45, 7) is 0. The average molecular weight is 309 g/mol. The number of fused-ring (bicyclic) bond motifs is 1. The van der Waals surface area contributed by atoms with Gasteiger partial charge in [-0.05, 0) is 36.4 Å². The highest BCUT2D eigenvalue weighted by atomic mass is 16.6. The van der Waals surface area contributed by atoms with E-state index in [4.69, 9.17) is 5.11 Å². The van der Waals surface area contributed by atoms with Gasteiger partial charge in [-0.1, -0.05) is 12.1 Å². The van der Waals surface area contributed by atoms with Crippen LogP contribution in [0.5, 0.6) is 0 Å². The molecule has 0 saturated heterocycles. The Bertz CT molecular complexity index is 907. The van der Waals surface area contributed by atoms with Crippen LogP contribution in [-0.4, -0.2) is 21.0 Å². The number of anilines is 2. The summed E-state index contributed by atoms with van der Waals surface area (Å²) in [7, 11) is 0. The molecule has 1 heterocycles. The van der Waals surface area contributed by atoms with Crippen LogP contribution in [0, 0.1) is 10.1 Å². The maximum atomic E-state index is 11.1. The fourth-order valence-electron chi connectivity index (χ4n) is 2.19. The summed E-state index contributed by atoms with van der Waals surface area (Å²) in [5.74, 6) is -0.564. The second kappa shape index (κ2) is 5.72. The molecule has 0 amide bonds. The predicted octanol–water partition coefficient (Wildman–Crippen LogP) is 3.58. The third-order valence-corrected chi connectivity index (χ3v) is 3.30. The molecule has 0 radical (unpaired) electrons. The van der Waals surface area contributed by atoms with Gasteiger partial charge in [-0.25, -0.2) is 9.78 Å². The van der Waals surface area contributed by atoms with Crippen molar-refractivity contribution in [3.05, 3.63) is 70.3 Å². The Kier molecular flexibility index (Phi) is 3.60. The number of nitrogens with zero attached hydrogens (tertiary/aromatic N) is 2. The lowest BCUT2D eigenvalue weighted by Gasteiger charge is -2.07. The Morgan fingerprint density at radius 1 is 1.09 bits per heavy atom.